The summed E-state index contributed by atoms with van der Waals surface area (Å²) in [6.07, 6.45) is 1.72. The van der Waals surface area contributed by atoms with E-state index >= 15 is 0 Å². The average molecular weight is 198 g/mol. The van der Waals surface area contributed by atoms with E-state index in [1.54, 1.807) is 4.90 Å². The van der Waals surface area contributed by atoms with Gasteiger partial charge in [-0.2, -0.15) is 0 Å². The lowest BCUT2D eigenvalue weighted by Gasteiger charge is -2.23. The van der Waals surface area contributed by atoms with Gasteiger partial charge in [0.25, 0.3) is 0 Å². The number of amides is 2. The van der Waals surface area contributed by atoms with Crippen molar-refractivity contribution in [1.29, 1.82) is 0 Å². The van der Waals surface area contributed by atoms with Gasteiger partial charge in [0.1, 0.15) is 6.04 Å². The third kappa shape index (κ3) is 2.47. The van der Waals surface area contributed by atoms with Crippen molar-refractivity contribution in [2.24, 2.45) is 0 Å². The molecule has 0 aromatic heterocycles. The molecule has 0 saturated carbocycles. The number of likely N-dealkylation sites (tertiary alicyclic amines) is 1. The summed E-state index contributed by atoms with van der Waals surface area (Å²) in [5.74, 6) is -0.0286. The second kappa shape index (κ2) is 4.44. The Balaban J connectivity index is 2.58. The van der Waals surface area contributed by atoms with Gasteiger partial charge in [0, 0.05) is 19.5 Å². The van der Waals surface area contributed by atoms with Crippen LogP contribution >= 0.6 is 0 Å². The van der Waals surface area contributed by atoms with Gasteiger partial charge in [-0.1, -0.05) is 0 Å². The Morgan fingerprint density at radius 1 is 1.43 bits per heavy atom. The maximum Gasteiger partial charge on any atom is 0.243 e. The molecule has 1 aliphatic heterocycles. The first-order valence-corrected chi connectivity index (χ1v) is 5.10. The first kappa shape index (κ1) is 11.0. The SMILES string of the molecule is CC(=O)N1CCCC1C(=O)NC(C)C. The fraction of sp³-hybridized carbons (Fsp3) is 0.800. The largest absolute Gasteiger partial charge is 0.352 e. The molecule has 0 spiro atoms. The van der Waals surface area contributed by atoms with E-state index < -0.39 is 0 Å². The molecule has 0 radical (unpaired) electrons. The lowest BCUT2D eigenvalue weighted by molar-refractivity contribution is -0.137. The van der Waals surface area contributed by atoms with Gasteiger partial charge in [-0.15, -0.1) is 0 Å². The van der Waals surface area contributed by atoms with Crippen LogP contribution in [0.3, 0.4) is 0 Å². The smallest absolute Gasteiger partial charge is 0.243 e. The molecule has 1 atom stereocenters. The molecular weight excluding hydrogens is 180 g/mol. The standard InChI is InChI=1S/C10H18N2O2/c1-7(2)11-10(14)9-5-4-6-12(9)8(3)13/h7,9H,4-6H2,1-3H3,(H,11,14). The van der Waals surface area contributed by atoms with Crippen LogP contribution in [0.15, 0.2) is 0 Å². The maximum atomic E-state index is 11.7. The zero-order valence-corrected chi connectivity index (χ0v) is 9.04. The van der Waals surface area contributed by atoms with Crippen LogP contribution in [0.4, 0.5) is 0 Å². The minimum absolute atomic E-state index is 0.00796. The molecule has 0 aromatic carbocycles. The quantitative estimate of drug-likeness (QED) is 0.703. The van der Waals surface area contributed by atoms with Gasteiger partial charge in [0.05, 0.1) is 0 Å². The van der Waals surface area contributed by atoms with E-state index in [4.69, 9.17) is 0 Å². The van der Waals surface area contributed by atoms with Gasteiger partial charge in [-0.3, -0.25) is 9.59 Å². The van der Waals surface area contributed by atoms with Crippen LogP contribution < -0.4 is 5.32 Å². The number of hydrogen-bond acceptors (Lipinski definition) is 2. The molecule has 1 fully saturated rings. The summed E-state index contributed by atoms with van der Waals surface area (Å²) >= 11 is 0. The zero-order valence-electron chi connectivity index (χ0n) is 9.04. The molecule has 1 saturated heterocycles. The second-order valence-electron chi connectivity index (χ2n) is 4.03. The number of nitrogens with one attached hydrogen (secondary N) is 1. The second-order valence-corrected chi connectivity index (χ2v) is 4.03. The summed E-state index contributed by atoms with van der Waals surface area (Å²) in [6.45, 7) is 6.07. The van der Waals surface area contributed by atoms with Gasteiger partial charge in [0.2, 0.25) is 11.8 Å². The minimum Gasteiger partial charge on any atom is -0.352 e. The van der Waals surface area contributed by atoms with E-state index in [9.17, 15) is 9.59 Å². The third-order valence-electron chi connectivity index (χ3n) is 2.39. The molecule has 0 aliphatic carbocycles. The average Bonchev–Trinajstić information content (AvgIpc) is 2.49. The van der Waals surface area contributed by atoms with Crippen LogP contribution in [0.1, 0.15) is 33.6 Å². The molecule has 80 valence electrons. The number of carbonyl (C=O) groups is 2. The maximum absolute atomic E-state index is 11.7. The Kier molecular flexibility index (Phi) is 3.49. The molecule has 2 amide bonds. The molecular formula is C10H18N2O2. The van der Waals surface area contributed by atoms with Crippen LogP contribution in [-0.4, -0.2) is 35.3 Å². The summed E-state index contributed by atoms with van der Waals surface area (Å²) in [5, 5.41) is 2.84. The Morgan fingerprint density at radius 2 is 2.07 bits per heavy atom. The van der Waals surface area contributed by atoms with Crippen molar-refractivity contribution in [3.05, 3.63) is 0 Å². The molecule has 1 heterocycles. The highest BCUT2D eigenvalue weighted by Gasteiger charge is 2.32. The molecule has 1 aliphatic rings. The first-order valence-electron chi connectivity index (χ1n) is 5.10. The van der Waals surface area contributed by atoms with Gasteiger partial charge in [-0.05, 0) is 26.7 Å². The van der Waals surface area contributed by atoms with Crippen molar-refractivity contribution in [2.45, 2.75) is 45.7 Å². The van der Waals surface area contributed by atoms with Crippen molar-refractivity contribution >= 4 is 11.8 Å². The van der Waals surface area contributed by atoms with Gasteiger partial charge >= 0.3 is 0 Å². The monoisotopic (exact) mass is 198 g/mol. The van der Waals surface area contributed by atoms with Gasteiger partial charge < -0.3 is 10.2 Å². The van der Waals surface area contributed by atoms with E-state index in [0.717, 1.165) is 12.8 Å². The fourth-order valence-corrected chi connectivity index (χ4v) is 1.80. The van der Waals surface area contributed by atoms with Crippen molar-refractivity contribution < 1.29 is 9.59 Å². The van der Waals surface area contributed by atoms with E-state index in [1.807, 2.05) is 13.8 Å². The molecule has 0 aromatic rings. The van der Waals surface area contributed by atoms with Gasteiger partial charge in [-0.25, -0.2) is 0 Å². The third-order valence-corrected chi connectivity index (χ3v) is 2.39. The molecule has 0 bridgehead atoms. The zero-order chi connectivity index (χ0) is 10.7. The van der Waals surface area contributed by atoms with Crippen LogP contribution in [0, 0.1) is 0 Å². The van der Waals surface area contributed by atoms with E-state index in [2.05, 4.69) is 5.32 Å². The molecule has 1 N–H and O–H groups in total. The first-order chi connectivity index (χ1) is 6.52. The summed E-state index contributed by atoms with van der Waals surface area (Å²) in [6, 6.07) is -0.105. The summed E-state index contributed by atoms with van der Waals surface area (Å²) in [5.41, 5.74) is 0. The highest BCUT2D eigenvalue weighted by atomic mass is 16.2. The topological polar surface area (TPSA) is 49.4 Å². The van der Waals surface area contributed by atoms with Crippen LogP contribution in [0.2, 0.25) is 0 Å². The summed E-state index contributed by atoms with van der Waals surface area (Å²) < 4.78 is 0. The van der Waals surface area contributed by atoms with Crippen LogP contribution in [0.5, 0.6) is 0 Å². The van der Waals surface area contributed by atoms with E-state index in [-0.39, 0.29) is 23.9 Å². The normalized spacial score (nSPS) is 21.4. The molecule has 1 rings (SSSR count). The molecule has 14 heavy (non-hydrogen) atoms. The van der Waals surface area contributed by atoms with Crippen LogP contribution in [0.25, 0.3) is 0 Å². The lowest BCUT2D eigenvalue weighted by atomic mass is 10.2. The van der Waals surface area contributed by atoms with Crippen molar-refractivity contribution in [3.63, 3.8) is 0 Å². The lowest BCUT2D eigenvalue weighted by Crippen LogP contribution is -2.47. The fourth-order valence-electron chi connectivity index (χ4n) is 1.80. The predicted octanol–water partition coefficient (Wildman–Crippen LogP) is 0.522. The molecule has 1 unspecified atom stereocenters. The Morgan fingerprint density at radius 3 is 2.57 bits per heavy atom. The Hall–Kier alpha value is -1.06. The van der Waals surface area contributed by atoms with E-state index in [1.165, 1.54) is 6.92 Å². The highest BCUT2D eigenvalue weighted by Crippen LogP contribution is 2.17. The Bertz CT molecular complexity index is 238. The number of carbonyl (C=O) groups excluding carboxylic acids is 2. The van der Waals surface area contributed by atoms with Gasteiger partial charge in [0.15, 0.2) is 0 Å². The number of nitrogens with zero attached hydrogens (tertiary/aromatic N) is 1. The predicted molar refractivity (Wildman–Crippen MR) is 53.7 cm³/mol. The highest BCUT2D eigenvalue weighted by molar-refractivity contribution is 5.87. The minimum atomic E-state index is -0.241. The summed E-state index contributed by atoms with van der Waals surface area (Å²) in [4.78, 5) is 24.5. The van der Waals surface area contributed by atoms with Crippen molar-refractivity contribution in [3.8, 4) is 0 Å². The number of hydrogen-bond donors (Lipinski definition) is 1. The molecule has 4 heteroatoms. The van der Waals surface area contributed by atoms with Crippen molar-refractivity contribution in [2.75, 3.05) is 6.54 Å². The van der Waals surface area contributed by atoms with Crippen molar-refractivity contribution in [1.82, 2.24) is 10.2 Å². The van der Waals surface area contributed by atoms with Crippen LogP contribution in [-0.2, 0) is 9.59 Å². The summed E-state index contributed by atoms with van der Waals surface area (Å²) in [7, 11) is 0. The molecule has 4 nitrogen and oxygen atoms in total. The number of rotatable bonds is 2. The Labute approximate surface area is 84.7 Å². The van der Waals surface area contributed by atoms with E-state index in [0.29, 0.717) is 6.54 Å².